The first kappa shape index (κ1) is 16.3. The van der Waals surface area contributed by atoms with Crippen molar-refractivity contribution in [2.75, 3.05) is 29.3 Å². The maximum Gasteiger partial charge on any atom is 0.262 e. The standard InChI is InChI=1S/C16H16FN3O3S/c17-12-4-3-5-13(10-12)24(22,23)19-14-6-1-2-7-15(14)20-9-8-18-16(21)11-20/h1-7,10,19H,8-9,11H2,(H,18,21). The number of amides is 1. The molecule has 0 aromatic heterocycles. The first-order valence-corrected chi connectivity index (χ1v) is 8.83. The van der Waals surface area contributed by atoms with Crippen LogP contribution < -0.4 is 14.9 Å². The number of nitrogens with zero attached hydrogens (tertiary/aromatic N) is 1. The van der Waals surface area contributed by atoms with Crippen LogP contribution in [0.25, 0.3) is 0 Å². The smallest absolute Gasteiger partial charge is 0.262 e. The van der Waals surface area contributed by atoms with E-state index in [9.17, 15) is 17.6 Å². The van der Waals surface area contributed by atoms with E-state index in [1.54, 1.807) is 29.2 Å². The van der Waals surface area contributed by atoms with Crippen molar-refractivity contribution in [3.63, 3.8) is 0 Å². The molecule has 6 nitrogen and oxygen atoms in total. The Morgan fingerprint density at radius 3 is 2.67 bits per heavy atom. The molecular formula is C16H16FN3O3S. The van der Waals surface area contributed by atoms with Gasteiger partial charge in [0.05, 0.1) is 22.8 Å². The molecule has 0 radical (unpaired) electrons. The van der Waals surface area contributed by atoms with E-state index in [0.29, 0.717) is 24.5 Å². The number of hydrogen-bond acceptors (Lipinski definition) is 4. The summed E-state index contributed by atoms with van der Waals surface area (Å²) in [5.41, 5.74) is 0.948. The predicted molar refractivity (Wildman–Crippen MR) is 88.9 cm³/mol. The Bertz CT molecular complexity index is 870. The molecule has 1 amide bonds. The maximum absolute atomic E-state index is 13.3. The number of piperazine rings is 1. The third-order valence-electron chi connectivity index (χ3n) is 3.63. The molecule has 0 atom stereocenters. The van der Waals surface area contributed by atoms with Crippen LogP contribution in [0.4, 0.5) is 15.8 Å². The minimum absolute atomic E-state index is 0.121. The van der Waals surface area contributed by atoms with E-state index in [4.69, 9.17) is 0 Å². The molecule has 1 aliphatic rings. The van der Waals surface area contributed by atoms with Gasteiger partial charge in [0, 0.05) is 13.1 Å². The number of para-hydroxylation sites is 2. The summed E-state index contributed by atoms with van der Waals surface area (Å²) in [6.45, 7) is 1.22. The summed E-state index contributed by atoms with van der Waals surface area (Å²) in [6, 6.07) is 11.6. The number of benzene rings is 2. The van der Waals surface area contributed by atoms with E-state index in [-0.39, 0.29) is 17.3 Å². The predicted octanol–water partition coefficient (Wildman–Crippen LogP) is 1.56. The van der Waals surface area contributed by atoms with Gasteiger partial charge in [-0.2, -0.15) is 0 Å². The molecule has 0 unspecified atom stereocenters. The lowest BCUT2D eigenvalue weighted by Gasteiger charge is -2.30. The molecule has 1 heterocycles. The number of nitrogens with one attached hydrogen (secondary N) is 2. The lowest BCUT2D eigenvalue weighted by Crippen LogP contribution is -2.47. The maximum atomic E-state index is 13.3. The van der Waals surface area contributed by atoms with Crippen molar-refractivity contribution in [2.24, 2.45) is 0 Å². The Kier molecular flexibility index (Phi) is 4.39. The van der Waals surface area contributed by atoms with Gasteiger partial charge in [0.2, 0.25) is 5.91 Å². The van der Waals surface area contributed by atoms with Crippen LogP contribution >= 0.6 is 0 Å². The van der Waals surface area contributed by atoms with Crippen molar-refractivity contribution in [1.82, 2.24) is 5.32 Å². The number of hydrogen-bond donors (Lipinski definition) is 2. The molecule has 1 aliphatic heterocycles. The topological polar surface area (TPSA) is 78.5 Å². The van der Waals surface area contributed by atoms with Gasteiger partial charge in [0.25, 0.3) is 10.0 Å². The average Bonchev–Trinajstić information content (AvgIpc) is 2.55. The third-order valence-corrected chi connectivity index (χ3v) is 5.00. The van der Waals surface area contributed by atoms with Crippen molar-refractivity contribution in [3.05, 3.63) is 54.3 Å². The van der Waals surface area contributed by atoms with Gasteiger partial charge in [0.1, 0.15) is 5.82 Å². The summed E-state index contributed by atoms with van der Waals surface area (Å²) in [6.07, 6.45) is 0. The van der Waals surface area contributed by atoms with Crippen molar-refractivity contribution >= 4 is 27.3 Å². The first-order valence-electron chi connectivity index (χ1n) is 7.35. The molecule has 1 fully saturated rings. The zero-order valence-electron chi connectivity index (χ0n) is 12.7. The fourth-order valence-electron chi connectivity index (χ4n) is 2.52. The molecule has 8 heteroatoms. The molecular weight excluding hydrogens is 333 g/mol. The highest BCUT2D eigenvalue weighted by Gasteiger charge is 2.22. The van der Waals surface area contributed by atoms with E-state index in [1.165, 1.54) is 18.2 Å². The summed E-state index contributed by atoms with van der Waals surface area (Å²) >= 11 is 0. The fourth-order valence-corrected chi connectivity index (χ4v) is 3.62. The normalized spacial score (nSPS) is 15.0. The van der Waals surface area contributed by atoms with Gasteiger partial charge in [-0.15, -0.1) is 0 Å². The SMILES string of the molecule is O=C1CN(c2ccccc2NS(=O)(=O)c2cccc(F)c2)CCN1. The zero-order valence-corrected chi connectivity index (χ0v) is 13.5. The van der Waals surface area contributed by atoms with Crippen LogP contribution in [-0.4, -0.2) is 34.0 Å². The van der Waals surface area contributed by atoms with E-state index in [2.05, 4.69) is 10.0 Å². The number of carbonyl (C=O) groups excluding carboxylic acids is 1. The first-order chi connectivity index (χ1) is 11.5. The van der Waals surface area contributed by atoms with Crippen LogP contribution in [0.15, 0.2) is 53.4 Å². The van der Waals surface area contributed by atoms with Crippen molar-refractivity contribution in [3.8, 4) is 0 Å². The largest absolute Gasteiger partial charge is 0.359 e. The van der Waals surface area contributed by atoms with Crippen LogP contribution in [-0.2, 0) is 14.8 Å². The number of sulfonamides is 1. The molecule has 0 bridgehead atoms. The van der Waals surface area contributed by atoms with Gasteiger partial charge in [0.15, 0.2) is 0 Å². The highest BCUT2D eigenvalue weighted by Crippen LogP contribution is 2.28. The molecule has 0 aliphatic carbocycles. The zero-order chi connectivity index (χ0) is 17.2. The molecule has 24 heavy (non-hydrogen) atoms. The highest BCUT2D eigenvalue weighted by atomic mass is 32.2. The Morgan fingerprint density at radius 1 is 1.12 bits per heavy atom. The second-order valence-electron chi connectivity index (χ2n) is 5.35. The van der Waals surface area contributed by atoms with E-state index < -0.39 is 15.8 Å². The third kappa shape index (κ3) is 3.48. The molecule has 1 saturated heterocycles. The van der Waals surface area contributed by atoms with Gasteiger partial charge in [-0.1, -0.05) is 18.2 Å². The lowest BCUT2D eigenvalue weighted by atomic mass is 10.2. The Hall–Kier alpha value is -2.61. The van der Waals surface area contributed by atoms with Crippen molar-refractivity contribution in [1.29, 1.82) is 0 Å². The van der Waals surface area contributed by atoms with E-state index >= 15 is 0 Å². The second-order valence-corrected chi connectivity index (χ2v) is 7.03. The van der Waals surface area contributed by atoms with Gasteiger partial charge >= 0.3 is 0 Å². The molecule has 2 N–H and O–H groups in total. The Morgan fingerprint density at radius 2 is 1.92 bits per heavy atom. The fraction of sp³-hybridized carbons (Fsp3) is 0.188. The minimum Gasteiger partial charge on any atom is -0.359 e. The summed E-state index contributed by atoms with van der Waals surface area (Å²) in [5, 5.41) is 2.72. The van der Waals surface area contributed by atoms with Gasteiger partial charge in [-0.25, -0.2) is 12.8 Å². The molecule has 0 saturated carbocycles. The van der Waals surface area contributed by atoms with Crippen LogP contribution in [0.1, 0.15) is 0 Å². The quantitative estimate of drug-likeness (QED) is 0.878. The van der Waals surface area contributed by atoms with Crippen molar-refractivity contribution in [2.45, 2.75) is 4.90 Å². The Labute approximate surface area is 139 Å². The van der Waals surface area contributed by atoms with Gasteiger partial charge < -0.3 is 10.2 Å². The Balaban J connectivity index is 1.91. The molecule has 0 spiro atoms. The number of carbonyl (C=O) groups is 1. The summed E-state index contributed by atoms with van der Waals surface area (Å²) in [5.74, 6) is -0.747. The van der Waals surface area contributed by atoms with Crippen molar-refractivity contribution < 1.29 is 17.6 Å². The minimum atomic E-state index is -3.93. The van der Waals surface area contributed by atoms with Crippen LogP contribution in [0, 0.1) is 5.82 Å². The second kappa shape index (κ2) is 6.48. The molecule has 2 aromatic rings. The molecule has 126 valence electrons. The average molecular weight is 349 g/mol. The highest BCUT2D eigenvalue weighted by molar-refractivity contribution is 7.92. The monoisotopic (exact) mass is 349 g/mol. The lowest BCUT2D eigenvalue weighted by molar-refractivity contribution is -0.120. The van der Waals surface area contributed by atoms with Crippen LogP contribution in [0.5, 0.6) is 0 Å². The number of rotatable bonds is 4. The summed E-state index contributed by atoms with van der Waals surface area (Å²) < 4.78 is 40.7. The molecule has 3 rings (SSSR count). The molecule has 2 aromatic carbocycles. The summed E-state index contributed by atoms with van der Waals surface area (Å²) in [7, 11) is -3.93. The number of halogens is 1. The van der Waals surface area contributed by atoms with Crippen LogP contribution in [0.2, 0.25) is 0 Å². The number of anilines is 2. The summed E-state index contributed by atoms with van der Waals surface area (Å²) in [4.78, 5) is 13.2. The van der Waals surface area contributed by atoms with Crippen LogP contribution in [0.3, 0.4) is 0 Å². The van der Waals surface area contributed by atoms with E-state index in [0.717, 1.165) is 6.07 Å². The van der Waals surface area contributed by atoms with E-state index in [1.807, 2.05) is 0 Å². The van der Waals surface area contributed by atoms with Gasteiger partial charge in [-0.3, -0.25) is 9.52 Å². The van der Waals surface area contributed by atoms with Gasteiger partial charge in [-0.05, 0) is 30.3 Å².